The number of carbonyl (C=O) groups excluding carboxylic acids is 3. The lowest BCUT2D eigenvalue weighted by Gasteiger charge is -1.80. The predicted molar refractivity (Wildman–Crippen MR) is 99.0 cm³/mol. The van der Waals surface area contributed by atoms with Crippen LogP contribution in [0.15, 0.2) is 62.9 Å². The van der Waals surface area contributed by atoms with Crippen LogP contribution in [0.25, 0.3) is 22.6 Å². The third kappa shape index (κ3) is 13.7. The number of carboxylic acid groups (broad SMARTS) is 1. The van der Waals surface area contributed by atoms with Crippen LogP contribution in [0.5, 0.6) is 0 Å². The van der Waals surface area contributed by atoms with Crippen LogP contribution in [0.3, 0.4) is 0 Å². The standard InChI is InChI=1S/C7H5N3O2.C7H6O3.C2Cl2O2/c8-10-9-7(11)4-3-6-2-1-5-12-6;8-7(9)4-3-6-2-1-5-10-6;3-1(5)2(4)6/h1-5H;1-5H,(H,8,9);/b2*4-3+;. The van der Waals surface area contributed by atoms with Crippen molar-refractivity contribution in [2.45, 2.75) is 0 Å². The highest BCUT2D eigenvalue weighted by molar-refractivity contribution is 6.97. The molecule has 2 aromatic heterocycles. The van der Waals surface area contributed by atoms with E-state index in [1.165, 1.54) is 24.7 Å². The lowest BCUT2D eigenvalue weighted by Crippen LogP contribution is -1.94. The molecule has 0 aliphatic carbocycles. The molecule has 0 aliphatic rings. The molecule has 0 saturated carbocycles. The zero-order valence-electron chi connectivity index (χ0n) is 13.8. The number of furan rings is 2. The first-order valence-corrected chi connectivity index (χ1v) is 7.66. The van der Waals surface area contributed by atoms with Crippen molar-refractivity contribution < 1.29 is 33.1 Å². The van der Waals surface area contributed by atoms with Crippen molar-refractivity contribution in [2.24, 2.45) is 5.11 Å². The molecule has 28 heavy (non-hydrogen) atoms. The van der Waals surface area contributed by atoms with Crippen molar-refractivity contribution in [3.05, 3.63) is 70.9 Å². The largest absolute Gasteiger partial charge is 0.478 e. The van der Waals surface area contributed by atoms with Crippen molar-refractivity contribution in [3.63, 3.8) is 0 Å². The number of azide groups is 1. The highest BCUT2D eigenvalue weighted by atomic mass is 35.5. The molecule has 0 fully saturated rings. The number of hydrogen-bond donors (Lipinski definition) is 1. The average Bonchev–Trinajstić information content (AvgIpc) is 3.33. The van der Waals surface area contributed by atoms with Gasteiger partial charge in [0.15, 0.2) is 0 Å². The molecule has 0 spiro atoms. The number of carbonyl (C=O) groups is 4. The van der Waals surface area contributed by atoms with Gasteiger partial charge in [-0.1, -0.05) is 0 Å². The fourth-order valence-corrected chi connectivity index (χ4v) is 1.16. The lowest BCUT2D eigenvalue weighted by atomic mass is 10.4. The summed E-state index contributed by atoms with van der Waals surface area (Å²) >= 11 is 8.98. The normalized spacial score (nSPS) is 9.50. The topological polar surface area (TPSA) is 164 Å². The maximum atomic E-state index is 10.6. The third-order valence-electron chi connectivity index (χ3n) is 2.16. The Labute approximate surface area is 167 Å². The summed E-state index contributed by atoms with van der Waals surface area (Å²) < 4.78 is 9.72. The number of amides is 1. The average molecular weight is 428 g/mol. The van der Waals surface area contributed by atoms with E-state index in [9.17, 15) is 19.2 Å². The van der Waals surface area contributed by atoms with Crippen molar-refractivity contribution in [1.82, 2.24) is 0 Å². The van der Waals surface area contributed by atoms with Crippen LogP contribution in [0.2, 0.25) is 0 Å². The second-order valence-electron chi connectivity index (χ2n) is 4.11. The minimum Gasteiger partial charge on any atom is -0.478 e. The van der Waals surface area contributed by atoms with E-state index in [2.05, 4.69) is 33.2 Å². The molecule has 2 rings (SSSR count). The van der Waals surface area contributed by atoms with E-state index >= 15 is 0 Å². The van der Waals surface area contributed by atoms with Gasteiger partial charge in [0.05, 0.1) is 12.5 Å². The number of rotatable bonds is 5. The highest BCUT2D eigenvalue weighted by Crippen LogP contribution is 2.02. The van der Waals surface area contributed by atoms with Gasteiger partial charge < -0.3 is 13.9 Å². The molecule has 2 heterocycles. The molecule has 0 aliphatic heterocycles. The highest BCUT2D eigenvalue weighted by Gasteiger charge is 2.01. The second-order valence-corrected chi connectivity index (χ2v) is 4.80. The summed E-state index contributed by atoms with van der Waals surface area (Å²) in [5.74, 6) is -0.538. The van der Waals surface area contributed by atoms with Gasteiger partial charge >= 0.3 is 16.5 Å². The summed E-state index contributed by atoms with van der Waals surface area (Å²) in [6.45, 7) is 0. The van der Waals surface area contributed by atoms with Gasteiger partial charge in [0.1, 0.15) is 11.5 Å². The first kappa shape index (κ1) is 24.4. The fraction of sp³-hybridized carbons (Fsp3) is 0. The molecule has 12 heteroatoms. The van der Waals surface area contributed by atoms with E-state index in [0.717, 1.165) is 12.2 Å². The number of carboxylic acids is 1. The number of halogens is 2. The van der Waals surface area contributed by atoms with Crippen molar-refractivity contribution in [3.8, 4) is 0 Å². The molecule has 146 valence electrons. The van der Waals surface area contributed by atoms with Gasteiger partial charge in [0, 0.05) is 11.0 Å². The van der Waals surface area contributed by atoms with Crippen LogP contribution < -0.4 is 0 Å². The molecule has 10 nitrogen and oxygen atoms in total. The number of hydrogen-bond acceptors (Lipinski definition) is 6. The Morgan fingerprint density at radius 1 is 0.964 bits per heavy atom. The molecule has 0 aromatic carbocycles. The Balaban J connectivity index is 0.000000414. The molecular weight excluding hydrogens is 417 g/mol. The van der Waals surface area contributed by atoms with Gasteiger partial charge in [-0.15, -0.1) is 0 Å². The Morgan fingerprint density at radius 2 is 1.43 bits per heavy atom. The van der Waals surface area contributed by atoms with Crippen LogP contribution in [0, 0.1) is 0 Å². The summed E-state index contributed by atoms with van der Waals surface area (Å²) in [7, 11) is 0. The van der Waals surface area contributed by atoms with Gasteiger partial charge in [0.25, 0.3) is 0 Å². The summed E-state index contributed by atoms with van der Waals surface area (Å²) in [6, 6.07) is 6.75. The van der Waals surface area contributed by atoms with Crippen LogP contribution in [-0.4, -0.2) is 27.5 Å². The lowest BCUT2D eigenvalue weighted by molar-refractivity contribution is -0.131. The minimum atomic E-state index is -1.14. The first-order valence-electron chi connectivity index (χ1n) is 6.90. The maximum Gasteiger partial charge on any atom is 0.328 e. The molecule has 0 saturated heterocycles. The molecule has 0 unspecified atom stereocenters. The zero-order valence-corrected chi connectivity index (χ0v) is 15.3. The van der Waals surface area contributed by atoms with Crippen molar-refractivity contribution in [1.29, 1.82) is 0 Å². The molecule has 0 bridgehead atoms. The third-order valence-corrected chi connectivity index (χ3v) is 2.60. The second kappa shape index (κ2) is 14.6. The summed E-state index contributed by atoms with van der Waals surface area (Å²) in [6.07, 6.45) is 7.95. The molecule has 0 atom stereocenters. The molecule has 1 amide bonds. The van der Waals surface area contributed by atoms with Crippen LogP contribution >= 0.6 is 23.2 Å². The van der Waals surface area contributed by atoms with E-state index < -0.39 is 22.4 Å². The molecule has 2 aromatic rings. The Kier molecular flexibility index (Phi) is 12.7. The summed E-state index contributed by atoms with van der Waals surface area (Å²) in [5.41, 5.74) is 7.87. The van der Waals surface area contributed by atoms with Gasteiger partial charge in [-0.25, -0.2) is 4.79 Å². The van der Waals surface area contributed by atoms with Gasteiger partial charge in [-0.2, -0.15) is 0 Å². The van der Waals surface area contributed by atoms with Gasteiger partial charge in [-0.05, 0) is 76.3 Å². The maximum absolute atomic E-state index is 10.6. The zero-order chi connectivity index (χ0) is 21.4. The van der Waals surface area contributed by atoms with Crippen molar-refractivity contribution >= 4 is 57.7 Å². The van der Waals surface area contributed by atoms with E-state index in [1.54, 1.807) is 24.3 Å². The summed E-state index contributed by atoms with van der Waals surface area (Å²) in [4.78, 5) is 41.7. The van der Waals surface area contributed by atoms with Crippen LogP contribution in [0.4, 0.5) is 0 Å². The van der Waals surface area contributed by atoms with E-state index in [1.807, 2.05) is 0 Å². The monoisotopic (exact) mass is 427 g/mol. The molecule has 1 N–H and O–H groups in total. The smallest absolute Gasteiger partial charge is 0.328 e. The first-order chi connectivity index (χ1) is 13.3. The number of aliphatic carboxylic acids is 1. The fourth-order valence-electron chi connectivity index (χ4n) is 1.16. The van der Waals surface area contributed by atoms with E-state index in [0.29, 0.717) is 11.5 Å². The Morgan fingerprint density at radius 3 is 1.75 bits per heavy atom. The Hall–Kier alpha value is -3.59. The minimum absolute atomic E-state index is 0.538. The quantitative estimate of drug-likeness (QED) is 0.188. The van der Waals surface area contributed by atoms with Crippen LogP contribution in [-0.2, 0) is 19.2 Å². The predicted octanol–water partition coefficient (Wildman–Crippen LogP) is 4.02. The van der Waals surface area contributed by atoms with Gasteiger partial charge in [0.2, 0.25) is 5.91 Å². The summed E-state index contributed by atoms with van der Waals surface area (Å²) in [5, 5.41) is 8.74. The van der Waals surface area contributed by atoms with E-state index in [-0.39, 0.29) is 0 Å². The SMILES string of the molecule is O=C(Cl)C(=O)Cl.O=C(O)/C=C/c1ccco1.[N-]=[N+]=NC(=O)/C=C/c1ccco1. The van der Waals surface area contributed by atoms with Crippen LogP contribution in [0.1, 0.15) is 11.5 Å². The van der Waals surface area contributed by atoms with Crippen molar-refractivity contribution in [2.75, 3.05) is 0 Å². The van der Waals surface area contributed by atoms with E-state index in [4.69, 9.17) is 19.5 Å². The molecular formula is C16H11Cl2N3O7. The van der Waals surface area contributed by atoms with Gasteiger partial charge in [-0.3, -0.25) is 14.4 Å². The molecule has 0 radical (unpaired) electrons. The number of nitrogens with zero attached hydrogens (tertiary/aromatic N) is 3. The Bertz CT molecular complexity index is 869.